The second-order valence-corrected chi connectivity index (χ2v) is 6.50. The van der Waals surface area contributed by atoms with Crippen molar-refractivity contribution < 1.29 is 27.3 Å². The Kier molecular flexibility index (Phi) is 8.68. The van der Waals surface area contributed by atoms with Crippen LogP contribution >= 0.6 is 0 Å². The molecule has 0 atom stereocenters. The smallest absolute Gasteiger partial charge is 0.257 e. The molecule has 1 aromatic carbocycles. The number of hydrogen-bond donors (Lipinski definition) is 0. The number of unbranched alkanes of at least 4 members (excludes halogenated alkanes) is 3. The van der Waals surface area contributed by atoms with Crippen molar-refractivity contribution >= 4 is 9.84 Å². The molecule has 0 unspecified atom stereocenters. The van der Waals surface area contributed by atoms with Crippen LogP contribution in [0.2, 0.25) is 0 Å². The maximum absolute atomic E-state index is 12.2. The summed E-state index contributed by atoms with van der Waals surface area (Å²) in [6, 6.07) is 8.67. The maximum Gasteiger partial charge on any atom is 1.00 e. The molecule has 0 N–H and O–H groups in total. The molecule has 0 saturated carbocycles. The van der Waals surface area contributed by atoms with Crippen LogP contribution in [0.15, 0.2) is 35.2 Å². The quantitative estimate of drug-likeness (QED) is 0.416. The van der Waals surface area contributed by atoms with Crippen LogP contribution in [0.3, 0.4) is 0 Å². The fourth-order valence-electron chi connectivity index (χ4n) is 1.74. The molecule has 2 nitrogen and oxygen atoms in total. The standard InChI is InChI=1S/C14H21O2S.Li/c1-3-4-5-7-10-13(2)17(15,16)14-11-8-6-9-12-14;/h6,8-9,11-12H,3-5,7,10H2,1-2H3;/q-1;+1. The zero-order valence-corrected chi connectivity index (χ0v) is 12.5. The first-order valence-electron chi connectivity index (χ1n) is 6.21. The molecule has 1 aromatic rings. The molecule has 0 spiro atoms. The van der Waals surface area contributed by atoms with Crippen molar-refractivity contribution in [3.63, 3.8) is 0 Å². The van der Waals surface area contributed by atoms with Crippen LogP contribution in [-0.4, -0.2) is 8.42 Å². The average molecular weight is 260 g/mol. The summed E-state index contributed by atoms with van der Waals surface area (Å²) < 4.78 is 24.3. The van der Waals surface area contributed by atoms with Crippen molar-refractivity contribution in [1.82, 2.24) is 0 Å². The van der Waals surface area contributed by atoms with Crippen LogP contribution in [0.1, 0.15) is 46.0 Å². The molecular formula is C14H21LiO2S. The van der Waals surface area contributed by atoms with Gasteiger partial charge in [0.1, 0.15) is 0 Å². The maximum atomic E-state index is 12.2. The van der Waals surface area contributed by atoms with E-state index in [9.17, 15) is 8.42 Å². The first kappa shape index (κ1) is 17.8. The zero-order chi connectivity index (χ0) is 12.7. The van der Waals surface area contributed by atoms with Gasteiger partial charge in [-0.05, 0) is 12.1 Å². The number of benzene rings is 1. The van der Waals surface area contributed by atoms with E-state index in [0.717, 1.165) is 12.8 Å². The van der Waals surface area contributed by atoms with Gasteiger partial charge in [0.05, 0.1) is 9.84 Å². The fraction of sp³-hybridized carbons (Fsp3) is 0.500. The molecule has 0 aromatic heterocycles. The monoisotopic (exact) mass is 260 g/mol. The zero-order valence-electron chi connectivity index (χ0n) is 11.6. The molecule has 96 valence electrons. The van der Waals surface area contributed by atoms with Gasteiger partial charge in [-0.1, -0.05) is 50.8 Å². The van der Waals surface area contributed by atoms with E-state index in [0.29, 0.717) is 16.6 Å². The molecule has 4 heteroatoms. The summed E-state index contributed by atoms with van der Waals surface area (Å²) >= 11 is 0. The Morgan fingerprint density at radius 1 is 1.06 bits per heavy atom. The van der Waals surface area contributed by atoms with Crippen molar-refractivity contribution in [3.8, 4) is 0 Å². The molecule has 0 amide bonds. The Hall–Kier alpha value is -0.233. The van der Waals surface area contributed by atoms with Crippen LogP contribution in [0.4, 0.5) is 0 Å². The second-order valence-electron chi connectivity index (χ2n) is 4.33. The molecular weight excluding hydrogens is 239 g/mol. The van der Waals surface area contributed by atoms with Gasteiger partial charge < -0.3 is 0 Å². The van der Waals surface area contributed by atoms with Crippen LogP contribution in [-0.2, 0) is 9.84 Å². The molecule has 0 aliphatic heterocycles. The second kappa shape index (κ2) is 8.80. The fourth-order valence-corrected chi connectivity index (χ4v) is 3.07. The van der Waals surface area contributed by atoms with Crippen LogP contribution in [0, 0.1) is 5.25 Å². The van der Waals surface area contributed by atoms with Gasteiger partial charge in [-0.3, -0.25) is 8.42 Å². The van der Waals surface area contributed by atoms with Crippen LogP contribution in [0.5, 0.6) is 0 Å². The molecule has 18 heavy (non-hydrogen) atoms. The Morgan fingerprint density at radius 2 is 1.67 bits per heavy atom. The summed E-state index contributed by atoms with van der Waals surface area (Å²) in [6.45, 7) is 3.88. The summed E-state index contributed by atoms with van der Waals surface area (Å²) in [5.41, 5.74) is 0. The van der Waals surface area contributed by atoms with Crippen molar-refractivity contribution in [1.29, 1.82) is 0 Å². The van der Waals surface area contributed by atoms with Gasteiger partial charge in [-0.15, -0.1) is 0 Å². The Balaban J connectivity index is 0.00000289. The van der Waals surface area contributed by atoms with Crippen LogP contribution in [0.25, 0.3) is 0 Å². The van der Waals surface area contributed by atoms with Gasteiger partial charge in [-0.25, -0.2) is 0 Å². The summed E-state index contributed by atoms with van der Waals surface area (Å²) in [5.74, 6) is 0. The van der Waals surface area contributed by atoms with Gasteiger partial charge in [0, 0.05) is 4.90 Å². The molecule has 0 heterocycles. The van der Waals surface area contributed by atoms with E-state index in [1.54, 1.807) is 31.2 Å². The Bertz CT molecular complexity index is 415. The van der Waals surface area contributed by atoms with E-state index >= 15 is 0 Å². The third-order valence-electron chi connectivity index (χ3n) is 2.89. The topological polar surface area (TPSA) is 34.1 Å². The van der Waals surface area contributed by atoms with Crippen LogP contribution < -0.4 is 18.9 Å². The van der Waals surface area contributed by atoms with E-state index in [1.807, 2.05) is 6.07 Å². The van der Waals surface area contributed by atoms with E-state index in [4.69, 9.17) is 0 Å². The Morgan fingerprint density at radius 3 is 2.22 bits per heavy atom. The van der Waals surface area contributed by atoms with Gasteiger partial charge in [-0.2, -0.15) is 18.6 Å². The minimum atomic E-state index is -3.21. The van der Waals surface area contributed by atoms with E-state index < -0.39 is 9.84 Å². The van der Waals surface area contributed by atoms with Gasteiger partial charge >= 0.3 is 18.9 Å². The normalized spacial score (nSPS) is 11.3. The largest absolute Gasteiger partial charge is 1.00 e. The minimum absolute atomic E-state index is 0. The van der Waals surface area contributed by atoms with E-state index in [-0.39, 0.29) is 18.9 Å². The van der Waals surface area contributed by atoms with Gasteiger partial charge in [0.2, 0.25) is 0 Å². The molecule has 0 saturated heterocycles. The van der Waals surface area contributed by atoms with Crippen molar-refractivity contribution in [3.05, 3.63) is 35.6 Å². The van der Waals surface area contributed by atoms with Crippen molar-refractivity contribution in [2.75, 3.05) is 0 Å². The Labute approximate surface area is 123 Å². The molecule has 0 aliphatic carbocycles. The molecule has 0 aliphatic rings. The SMILES string of the molecule is CCCCCC[C-](C)S(=O)(=O)c1ccccc1.[Li+]. The van der Waals surface area contributed by atoms with E-state index in [2.05, 4.69) is 6.92 Å². The van der Waals surface area contributed by atoms with Crippen molar-refractivity contribution in [2.45, 2.75) is 50.8 Å². The summed E-state index contributed by atoms with van der Waals surface area (Å²) in [5, 5.41) is 0.583. The predicted molar refractivity (Wildman–Crippen MR) is 71.3 cm³/mol. The first-order chi connectivity index (χ1) is 8.09. The van der Waals surface area contributed by atoms with Gasteiger partial charge in [0.25, 0.3) is 0 Å². The minimum Gasteiger partial charge on any atom is -0.257 e. The average Bonchev–Trinajstić information content (AvgIpc) is 2.35. The number of rotatable bonds is 7. The molecule has 0 bridgehead atoms. The summed E-state index contributed by atoms with van der Waals surface area (Å²) in [7, 11) is -3.21. The van der Waals surface area contributed by atoms with Crippen molar-refractivity contribution in [2.24, 2.45) is 0 Å². The summed E-state index contributed by atoms with van der Waals surface area (Å²) in [4.78, 5) is 0.410. The number of hydrogen-bond acceptors (Lipinski definition) is 2. The summed E-state index contributed by atoms with van der Waals surface area (Å²) in [6.07, 6.45) is 5.10. The third-order valence-corrected chi connectivity index (χ3v) is 4.91. The number of sulfone groups is 1. The molecule has 0 radical (unpaired) electrons. The third kappa shape index (κ3) is 5.18. The molecule has 0 fully saturated rings. The van der Waals surface area contributed by atoms with Gasteiger partial charge in [0.15, 0.2) is 0 Å². The van der Waals surface area contributed by atoms with E-state index in [1.165, 1.54) is 12.8 Å². The molecule has 1 rings (SSSR count). The first-order valence-corrected chi connectivity index (χ1v) is 7.70. The predicted octanol–water partition coefficient (Wildman–Crippen LogP) is 0.987.